The van der Waals surface area contributed by atoms with Crippen LogP contribution >= 0.6 is 0 Å². The van der Waals surface area contributed by atoms with Crippen LogP contribution in [-0.2, 0) is 20.9 Å². The zero-order valence-corrected chi connectivity index (χ0v) is 23.4. The van der Waals surface area contributed by atoms with Crippen LogP contribution in [0.5, 0.6) is 11.5 Å². The number of ether oxygens (including phenoxy) is 3. The molecule has 0 unspecified atom stereocenters. The Hall–Kier alpha value is -3.40. The lowest BCUT2D eigenvalue weighted by molar-refractivity contribution is -0.160. The molecule has 10 heteroatoms. The van der Waals surface area contributed by atoms with Crippen LogP contribution in [0, 0.1) is 5.82 Å². The summed E-state index contributed by atoms with van der Waals surface area (Å²) in [5, 5.41) is 4.34. The third-order valence-electron chi connectivity index (χ3n) is 7.68. The average Bonchev–Trinajstić information content (AvgIpc) is 3.36. The largest absolute Gasteiger partial charge is 0.493 e. The molecular formula is C30H37F2N3O5. The molecule has 216 valence electrons. The minimum atomic E-state index is -1.93. The summed E-state index contributed by atoms with van der Waals surface area (Å²) in [4.78, 5) is 22.2. The highest BCUT2D eigenvalue weighted by Gasteiger charge is 2.52. The molecule has 2 aromatic rings. The van der Waals surface area contributed by atoms with Gasteiger partial charge in [-0.15, -0.1) is 0 Å². The first kappa shape index (κ1) is 28.1. The number of amidine groups is 1. The molecule has 0 bridgehead atoms. The number of carbonyl (C=O) groups excluding carboxylic acids is 1. The highest BCUT2D eigenvalue weighted by molar-refractivity contribution is 5.85. The highest BCUT2D eigenvalue weighted by atomic mass is 19.1. The first-order valence-corrected chi connectivity index (χ1v) is 14.0. The van der Waals surface area contributed by atoms with Crippen molar-refractivity contribution < 1.29 is 32.6 Å². The number of esters is 1. The Morgan fingerprint density at radius 3 is 2.20 bits per heavy atom. The van der Waals surface area contributed by atoms with Crippen molar-refractivity contribution in [3.8, 4) is 22.6 Å². The SMILES string of the molecule is CCOC(=O)C1(F)CCN(C2=NOC3(C2)CN(Cc2cc(OCC)c(-c4ccc(F)cc4)c(OCC)c2)C3)CC1. The smallest absolute Gasteiger partial charge is 0.344 e. The number of likely N-dealkylation sites (tertiary alicyclic amines) is 2. The molecule has 1 spiro atoms. The lowest BCUT2D eigenvalue weighted by atomic mass is 9.88. The summed E-state index contributed by atoms with van der Waals surface area (Å²) in [5.41, 5.74) is 0.370. The number of hydrogen-bond acceptors (Lipinski definition) is 8. The molecule has 2 saturated heterocycles. The molecule has 2 fully saturated rings. The summed E-state index contributed by atoms with van der Waals surface area (Å²) in [6.07, 6.45) is 0.824. The second-order valence-electron chi connectivity index (χ2n) is 10.6. The second-order valence-corrected chi connectivity index (χ2v) is 10.6. The van der Waals surface area contributed by atoms with Crippen LogP contribution in [0.15, 0.2) is 41.6 Å². The molecule has 3 aliphatic rings. The molecular weight excluding hydrogens is 520 g/mol. The Bertz CT molecular complexity index is 1210. The Morgan fingerprint density at radius 1 is 1.00 bits per heavy atom. The van der Waals surface area contributed by atoms with Crippen LogP contribution in [0.4, 0.5) is 8.78 Å². The van der Waals surface area contributed by atoms with Gasteiger partial charge in [-0.05, 0) is 56.2 Å². The van der Waals surface area contributed by atoms with Crippen LogP contribution in [0.1, 0.15) is 45.6 Å². The van der Waals surface area contributed by atoms with Gasteiger partial charge in [0.2, 0.25) is 5.67 Å². The fourth-order valence-electron chi connectivity index (χ4n) is 5.74. The number of alkyl halides is 1. The van der Waals surface area contributed by atoms with Crippen molar-refractivity contribution in [3.63, 3.8) is 0 Å². The molecule has 3 aliphatic heterocycles. The minimum Gasteiger partial charge on any atom is -0.493 e. The molecule has 0 amide bonds. The standard InChI is InChI=1S/C30H37F2N3O5/c1-4-37-24-15-21(16-25(38-5-2)27(24)22-7-9-23(31)10-8-22)18-34-19-29(20-34)17-26(33-40-29)35-13-11-30(32,12-14-35)28(36)39-6-3/h7-10,15-16H,4-6,11-14,17-20H2,1-3H3. The van der Waals surface area contributed by atoms with Gasteiger partial charge in [-0.3, -0.25) is 4.90 Å². The molecule has 3 heterocycles. The predicted octanol–water partition coefficient (Wildman–Crippen LogP) is 4.95. The summed E-state index contributed by atoms with van der Waals surface area (Å²) in [5.74, 6) is 1.15. The topological polar surface area (TPSA) is 72.8 Å². The number of oxime groups is 1. The van der Waals surface area contributed by atoms with Crippen molar-refractivity contribution in [2.24, 2.45) is 5.16 Å². The van der Waals surface area contributed by atoms with Crippen molar-refractivity contribution in [2.45, 2.75) is 57.8 Å². The van der Waals surface area contributed by atoms with Gasteiger partial charge in [0.05, 0.1) is 31.8 Å². The van der Waals surface area contributed by atoms with E-state index in [2.05, 4.69) is 10.1 Å². The maximum absolute atomic E-state index is 15.0. The molecule has 5 rings (SSSR count). The van der Waals surface area contributed by atoms with Gasteiger partial charge in [-0.25, -0.2) is 13.6 Å². The highest BCUT2D eigenvalue weighted by Crippen LogP contribution is 2.42. The second kappa shape index (κ2) is 11.6. The Kier molecular flexibility index (Phi) is 8.16. The molecule has 0 saturated carbocycles. The van der Waals surface area contributed by atoms with Gasteiger partial charge in [-0.1, -0.05) is 17.3 Å². The van der Waals surface area contributed by atoms with E-state index in [4.69, 9.17) is 19.0 Å². The van der Waals surface area contributed by atoms with E-state index in [1.165, 1.54) is 12.1 Å². The van der Waals surface area contributed by atoms with Gasteiger partial charge >= 0.3 is 5.97 Å². The predicted molar refractivity (Wildman–Crippen MR) is 147 cm³/mol. The van der Waals surface area contributed by atoms with E-state index in [0.717, 1.165) is 22.5 Å². The van der Waals surface area contributed by atoms with Gasteiger partial charge in [0, 0.05) is 45.6 Å². The van der Waals surface area contributed by atoms with E-state index in [1.54, 1.807) is 19.1 Å². The number of carbonyl (C=O) groups is 1. The number of nitrogens with zero attached hydrogens (tertiary/aromatic N) is 3. The van der Waals surface area contributed by atoms with E-state index in [9.17, 15) is 13.6 Å². The third kappa shape index (κ3) is 5.73. The summed E-state index contributed by atoms with van der Waals surface area (Å²) in [6, 6.07) is 10.4. The molecule has 0 radical (unpaired) electrons. The average molecular weight is 558 g/mol. The molecule has 0 atom stereocenters. The maximum Gasteiger partial charge on any atom is 0.344 e. The normalized spacial score (nSPS) is 19.5. The first-order valence-electron chi connectivity index (χ1n) is 14.0. The summed E-state index contributed by atoms with van der Waals surface area (Å²) >= 11 is 0. The first-order chi connectivity index (χ1) is 19.3. The number of rotatable bonds is 9. The molecule has 40 heavy (non-hydrogen) atoms. The van der Waals surface area contributed by atoms with Crippen LogP contribution in [-0.4, -0.2) is 78.9 Å². The minimum absolute atomic E-state index is 0.0855. The zero-order chi connectivity index (χ0) is 28.3. The van der Waals surface area contributed by atoms with Gasteiger partial charge in [0.15, 0.2) is 5.60 Å². The van der Waals surface area contributed by atoms with Crippen LogP contribution in [0.25, 0.3) is 11.1 Å². The lowest BCUT2D eigenvalue weighted by Gasteiger charge is -2.45. The third-order valence-corrected chi connectivity index (χ3v) is 7.68. The monoisotopic (exact) mass is 557 g/mol. The van der Waals surface area contributed by atoms with Crippen molar-refractivity contribution in [3.05, 3.63) is 47.8 Å². The van der Waals surface area contributed by atoms with Crippen LogP contribution in [0.3, 0.4) is 0 Å². The Morgan fingerprint density at radius 2 is 1.62 bits per heavy atom. The van der Waals surface area contributed by atoms with Gasteiger partial charge in [0.1, 0.15) is 23.2 Å². The van der Waals surface area contributed by atoms with E-state index in [1.807, 2.05) is 30.9 Å². The fraction of sp³-hybridized carbons (Fsp3) is 0.533. The fourth-order valence-corrected chi connectivity index (χ4v) is 5.74. The molecule has 0 aromatic heterocycles. The summed E-state index contributed by atoms with van der Waals surface area (Å²) in [7, 11) is 0. The van der Waals surface area contributed by atoms with Gasteiger partial charge in [-0.2, -0.15) is 0 Å². The Labute approximate surface area is 233 Å². The quantitative estimate of drug-likeness (QED) is 0.404. The van der Waals surface area contributed by atoms with Crippen LogP contribution in [0.2, 0.25) is 0 Å². The number of benzene rings is 2. The number of piperidine rings is 1. The van der Waals surface area contributed by atoms with E-state index >= 15 is 0 Å². The van der Waals surface area contributed by atoms with Crippen molar-refractivity contribution in [1.29, 1.82) is 0 Å². The summed E-state index contributed by atoms with van der Waals surface area (Å²) < 4.78 is 45.5. The molecule has 0 N–H and O–H groups in total. The van der Waals surface area contributed by atoms with Crippen molar-refractivity contribution in [2.75, 3.05) is 46.0 Å². The maximum atomic E-state index is 15.0. The number of halogens is 2. The zero-order valence-electron chi connectivity index (χ0n) is 23.4. The molecule has 0 aliphatic carbocycles. The molecule has 2 aromatic carbocycles. The lowest BCUT2D eigenvalue weighted by Crippen LogP contribution is -2.61. The summed E-state index contributed by atoms with van der Waals surface area (Å²) in [6.45, 7) is 9.59. The van der Waals surface area contributed by atoms with E-state index in [0.29, 0.717) is 63.9 Å². The van der Waals surface area contributed by atoms with Gasteiger partial charge < -0.3 is 23.9 Å². The number of hydrogen-bond donors (Lipinski definition) is 0. The van der Waals surface area contributed by atoms with Crippen LogP contribution < -0.4 is 9.47 Å². The van der Waals surface area contributed by atoms with E-state index in [-0.39, 0.29) is 30.9 Å². The molecule has 8 nitrogen and oxygen atoms in total. The van der Waals surface area contributed by atoms with Gasteiger partial charge in [0.25, 0.3) is 0 Å². The Balaban J connectivity index is 1.21. The van der Waals surface area contributed by atoms with E-state index < -0.39 is 11.6 Å². The van der Waals surface area contributed by atoms with Crippen molar-refractivity contribution in [1.82, 2.24) is 9.80 Å². The van der Waals surface area contributed by atoms with Crippen molar-refractivity contribution >= 4 is 11.8 Å².